The summed E-state index contributed by atoms with van der Waals surface area (Å²) in [7, 11) is 0. The van der Waals surface area contributed by atoms with E-state index in [1.54, 1.807) is 0 Å². The van der Waals surface area contributed by atoms with Gasteiger partial charge >= 0.3 is 0 Å². The average Bonchev–Trinajstić information content (AvgIpc) is 2.21. The standard InChI is InChI=1S/C14H26O/c1-13(2)10-8-6-4-5-7-9-11-14(3)12-15/h12-13H,3-11H2,1-2H3. The number of rotatable bonds is 10. The van der Waals surface area contributed by atoms with Crippen molar-refractivity contribution in [3.63, 3.8) is 0 Å². The Morgan fingerprint density at radius 3 is 2.13 bits per heavy atom. The molecule has 0 saturated carbocycles. The van der Waals surface area contributed by atoms with Crippen molar-refractivity contribution >= 4 is 6.29 Å². The van der Waals surface area contributed by atoms with Gasteiger partial charge in [0.2, 0.25) is 0 Å². The van der Waals surface area contributed by atoms with Crippen LogP contribution in [0.4, 0.5) is 0 Å². The van der Waals surface area contributed by atoms with E-state index in [1.165, 1.54) is 38.5 Å². The lowest BCUT2D eigenvalue weighted by molar-refractivity contribution is -0.105. The van der Waals surface area contributed by atoms with Crippen molar-refractivity contribution in [2.45, 2.75) is 65.2 Å². The van der Waals surface area contributed by atoms with Gasteiger partial charge < -0.3 is 0 Å². The summed E-state index contributed by atoms with van der Waals surface area (Å²) in [6.07, 6.45) is 10.9. The number of unbranched alkanes of at least 4 members (excludes halogenated alkanes) is 5. The van der Waals surface area contributed by atoms with Crippen molar-refractivity contribution < 1.29 is 4.79 Å². The summed E-state index contributed by atoms with van der Waals surface area (Å²) in [6, 6.07) is 0. The second-order valence-corrected chi connectivity index (χ2v) is 4.83. The summed E-state index contributed by atoms with van der Waals surface area (Å²) in [6.45, 7) is 8.24. The van der Waals surface area contributed by atoms with Crippen LogP contribution in [0.1, 0.15) is 65.2 Å². The molecule has 0 spiro atoms. The van der Waals surface area contributed by atoms with Crippen LogP contribution in [-0.4, -0.2) is 6.29 Å². The summed E-state index contributed by atoms with van der Waals surface area (Å²) < 4.78 is 0. The molecule has 0 atom stereocenters. The van der Waals surface area contributed by atoms with Crippen LogP contribution in [0.15, 0.2) is 12.2 Å². The van der Waals surface area contributed by atoms with Crippen molar-refractivity contribution in [1.29, 1.82) is 0 Å². The van der Waals surface area contributed by atoms with E-state index in [0.717, 1.165) is 30.6 Å². The largest absolute Gasteiger partial charge is 0.298 e. The first-order valence-corrected chi connectivity index (χ1v) is 6.29. The van der Waals surface area contributed by atoms with Crippen LogP contribution in [0, 0.1) is 5.92 Å². The first kappa shape index (κ1) is 14.4. The Hall–Kier alpha value is -0.590. The van der Waals surface area contributed by atoms with Gasteiger partial charge in [0, 0.05) is 0 Å². The van der Waals surface area contributed by atoms with Gasteiger partial charge in [-0.05, 0) is 24.3 Å². The van der Waals surface area contributed by atoms with Crippen molar-refractivity contribution in [2.24, 2.45) is 5.92 Å². The number of hydrogen-bond acceptors (Lipinski definition) is 1. The average molecular weight is 210 g/mol. The molecular weight excluding hydrogens is 184 g/mol. The maximum absolute atomic E-state index is 10.3. The molecule has 0 aliphatic carbocycles. The van der Waals surface area contributed by atoms with E-state index in [0.29, 0.717) is 0 Å². The van der Waals surface area contributed by atoms with Gasteiger partial charge in [0.15, 0.2) is 0 Å². The summed E-state index contributed by atoms with van der Waals surface area (Å²) in [4.78, 5) is 10.3. The Bertz CT molecular complexity index is 170. The second-order valence-electron chi connectivity index (χ2n) is 4.83. The molecule has 0 heterocycles. The number of carbonyl (C=O) groups is 1. The van der Waals surface area contributed by atoms with Crippen molar-refractivity contribution in [1.82, 2.24) is 0 Å². The zero-order chi connectivity index (χ0) is 11.5. The third-order valence-electron chi connectivity index (χ3n) is 2.70. The van der Waals surface area contributed by atoms with Gasteiger partial charge in [-0.2, -0.15) is 0 Å². The molecule has 0 aromatic carbocycles. The summed E-state index contributed by atoms with van der Waals surface area (Å²) in [5.41, 5.74) is 0.745. The van der Waals surface area contributed by atoms with Crippen molar-refractivity contribution in [3.05, 3.63) is 12.2 Å². The molecule has 0 rings (SSSR count). The van der Waals surface area contributed by atoms with Gasteiger partial charge in [-0.3, -0.25) is 4.79 Å². The molecule has 0 N–H and O–H groups in total. The summed E-state index contributed by atoms with van der Waals surface area (Å²) in [5.74, 6) is 0.848. The Kier molecular flexibility index (Phi) is 9.55. The third kappa shape index (κ3) is 11.3. The Morgan fingerprint density at radius 2 is 1.60 bits per heavy atom. The highest BCUT2D eigenvalue weighted by molar-refractivity contribution is 5.71. The molecule has 0 aromatic rings. The van der Waals surface area contributed by atoms with E-state index in [-0.39, 0.29) is 0 Å². The minimum absolute atomic E-state index is 0.745. The van der Waals surface area contributed by atoms with Crippen LogP contribution in [0.2, 0.25) is 0 Å². The topological polar surface area (TPSA) is 17.1 Å². The van der Waals surface area contributed by atoms with Gasteiger partial charge in [-0.15, -0.1) is 0 Å². The molecule has 15 heavy (non-hydrogen) atoms. The molecule has 0 radical (unpaired) electrons. The van der Waals surface area contributed by atoms with E-state index in [9.17, 15) is 4.79 Å². The van der Waals surface area contributed by atoms with Crippen molar-refractivity contribution in [3.8, 4) is 0 Å². The molecule has 0 aliphatic rings. The highest BCUT2D eigenvalue weighted by Crippen LogP contribution is 2.12. The molecule has 88 valence electrons. The SMILES string of the molecule is C=C(C=O)CCCCCCCCC(C)C. The zero-order valence-electron chi connectivity index (χ0n) is 10.4. The van der Waals surface area contributed by atoms with Crippen LogP contribution < -0.4 is 0 Å². The smallest absolute Gasteiger partial charge is 0.145 e. The molecule has 1 heteroatoms. The molecular formula is C14H26O. The highest BCUT2D eigenvalue weighted by Gasteiger charge is 1.95. The van der Waals surface area contributed by atoms with Gasteiger partial charge in [0.05, 0.1) is 0 Å². The fraction of sp³-hybridized carbons (Fsp3) is 0.786. The summed E-state index contributed by atoms with van der Waals surface area (Å²) >= 11 is 0. The van der Waals surface area contributed by atoms with E-state index in [2.05, 4.69) is 20.4 Å². The zero-order valence-corrected chi connectivity index (χ0v) is 10.4. The minimum Gasteiger partial charge on any atom is -0.298 e. The van der Waals surface area contributed by atoms with E-state index >= 15 is 0 Å². The van der Waals surface area contributed by atoms with Crippen LogP contribution in [0.25, 0.3) is 0 Å². The first-order chi connectivity index (χ1) is 7.16. The third-order valence-corrected chi connectivity index (χ3v) is 2.70. The maximum Gasteiger partial charge on any atom is 0.145 e. The van der Waals surface area contributed by atoms with Crippen molar-refractivity contribution in [2.75, 3.05) is 0 Å². The molecule has 0 aromatic heterocycles. The molecule has 0 fully saturated rings. The number of allylic oxidation sites excluding steroid dienone is 1. The molecule has 0 aliphatic heterocycles. The first-order valence-electron chi connectivity index (χ1n) is 6.29. The molecule has 0 amide bonds. The Morgan fingerprint density at radius 1 is 1.07 bits per heavy atom. The monoisotopic (exact) mass is 210 g/mol. The Balaban J connectivity index is 3.05. The van der Waals surface area contributed by atoms with E-state index in [4.69, 9.17) is 0 Å². The van der Waals surface area contributed by atoms with E-state index in [1.807, 2.05) is 0 Å². The Labute approximate surface area is 95.0 Å². The molecule has 1 nitrogen and oxygen atoms in total. The van der Waals surface area contributed by atoms with E-state index < -0.39 is 0 Å². The predicted molar refractivity (Wildman–Crippen MR) is 67.0 cm³/mol. The number of carbonyl (C=O) groups excluding carboxylic acids is 1. The quantitative estimate of drug-likeness (QED) is 0.294. The normalized spacial score (nSPS) is 10.6. The fourth-order valence-corrected chi connectivity index (χ4v) is 1.67. The lowest BCUT2D eigenvalue weighted by Gasteiger charge is -2.04. The predicted octanol–water partition coefficient (Wildman–Crippen LogP) is 4.52. The minimum atomic E-state index is 0.745. The van der Waals surface area contributed by atoms with Crippen LogP contribution >= 0.6 is 0 Å². The second kappa shape index (κ2) is 9.95. The fourth-order valence-electron chi connectivity index (χ4n) is 1.67. The number of aldehydes is 1. The van der Waals surface area contributed by atoms with Crippen LogP contribution in [-0.2, 0) is 4.79 Å². The maximum atomic E-state index is 10.3. The van der Waals surface area contributed by atoms with Gasteiger partial charge in [-0.1, -0.05) is 59.0 Å². The highest BCUT2D eigenvalue weighted by atomic mass is 16.1. The lowest BCUT2D eigenvalue weighted by Crippen LogP contribution is -1.87. The van der Waals surface area contributed by atoms with Gasteiger partial charge in [0.25, 0.3) is 0 Å². The van der Waals surface area contributed by atoms with Gasteiger partial charge in [0.1, 0.15) is 6.29 Å². The van der Waals surface area contributed by atoms with Crippen LogP contribution in [0.3, 0.4) is 0 Å². The molecule has 0 bridgehead atoms. The lowest BCUT2D eigenvalue weighted by atomic mass is 10.0. The summed E-state index contributed by atoms with van der Waals surface area (Å²) in [5, 5.41) is 0. The molecule has 0 unspecified atom stereocenters. The molecule has 0 saturated heterocycles. The van der Waals surface area contributed by atoms with Crippen LogP contribution in [0.5, 0.6) is 0 Å². The number of hydrogen-bond donors (Lipinski definition) is 0. The van der Waals surface area contributed by atoms with Gasteiger partial charge in [-0.25, -0.2) is 0 Å².